The number of rotatable bonds is 0. The summed E-state index contributed by atoms with van der Waals surface area (Å²) in [7, 11) is 0. The fourth-order valence-electron chi connectivity index (χ4n) is 0.553. The van der Waals surface area contributed by atoms with Gasteiger partial charge in [-0.25, -0.2) is 0 Å². The van der Waals surface area contributed by atoms with E-state index in [-0.39, 0.29) is 1.43 Å². The second kappa shape index (κ2) is 1.58. The Hall–Kier alpha value is -0.0800. The van der Waals surface area contributed by atoms with Gasteiger partial charge in [0.2, 0.25) is 0 Å². The van der Waals surface area contributed by atoms with Crippen molar-refractivity contribution in [3.8, 4) is 0 Å². The van der Waals surface area contributed by atoms with E-state index >= 15 is 0 Å². The Labute approximate surface area is 38.8 Å². The molecule has 1 aliphatic heterocycles. The Morgan fingerprint density at radius 1 is 1.83 bits per heavy atom. The highest BCUT2D eigenvalue weighted by atomic mass is 16.5. The van der Waals surface area contributed by atoms with Crippen molar-refractivity contribution in [2.45, 2.75) is 12.5 Å². The van der Waals surface area contributed by atoms with Crippen LogP contribution in [-0.4, -0.2) is 19.3 Å². The zero-order chi connectivity index (χ0) is 4.41. The first-order valence-electron chi connectivity index (χ1n) is 2.23. The smallest absolute Gasteiger partial charge is 0.0618 e. The van der Waals surface area contributed by atoms with Gasteiger partial charge >= 0.3 is 0 Å². The van der Waals surface area contributed by atoms with E-state index in [0.717, 1.165) is 19.6 Å². The number of hydrogen-bond donors (Lipinski definition) is 1. The summed E-state index contributed by atoms with van der Waals surface area (Å²) in [5.74, 6) is 0. The van der Waals surface area contributed by atoms with E-state index in [1.807, 2.05) is 0 Å². The Morgan fingerprint density at radius 2 is 2.67 bits per heavy atom. The second-order valence-electron chi connectivity index (χ2n) is 1.62. The van der Waals surface area contributed by atoms with Crippen molar-refractivity contribution >= 4 is 0 Å². The predicted molar refractivity (Wildman–Crippen MR) is 25.5 cm³/mol. The molecule has 38 valence electrons. The van der Waals surface area contributed by atoms with Gasteiger partial charge in [0, 0.05) is 14.1 Å². The molecule has 2 heteroatoms. The highest BCUT2D eigenvalue weighted by Gasteiger charge is 2.07. The molecule has 0 aromatic rings. The van der Waals surface area contributed by atoms with E-state index in [9.17, 15) is 0 Å². The van der Waals surface area contributed by atoms with Crippen LogP contribution in [0.1, 0.15) is 7.85 Å². The van der Waals surface area contributed by atoms with Crippen molar-refractivity contribution in [1.29, 1.82) is 0 Å². The highest BCUT2D eigenvalue weighted by Crippen LogP contribution is 1.98. The molecule has 2 N–H and O–H groups in total. The van der Waals surface area contributed by atoms with Gasteiger partial charge in [-0.15, -0.1) is 0 Å². The van der Waals surface area contributed by atoms with E-state index in [1.165, 1.54) is 0 Å². The van der Waals surface area contributed by atoms with E-state index in [4.69, 9.17) is 10.5 Å². The van der Waals surface area contributed by atoms with Crippen LogP contribution < -0.4 is 5.73 Å². The van der Waals surface area contributed by atoms with Gasteiger partial charge in [-0.05, 0) is 6.42 Å². The minimum Gasteiger partial charge on any atom is -0.380 e. The van der Waals surface area contributed by atoms with Crippen LogP contribution in [0.15, 0.2) is 0 Å². The molecule has 6 heavy (non-hydrogen) atoms. The van der Waals surface area contributed by atoms with Gasteiger partial charge in [0.1, 0.15) is 0 Å². The molecule has 1 rings (SSSR count). The van der Waals surface area contributed by atoms with Crippen LogP contribution in [-0.2, 0) is 4.74 Å². The fourth-order valence-corrected chi connectivity index (χ4v) is 0.553. The van der Waals surface area contributed by atoms with Gasteiger partial charge in [-0.3, -0.25) is 0 Å². The number of hydrogen-bond acceptors (Lipinski definition) is 2. The summed E-state index contributed by atoms with van der Waals surface area (Å²) in [6, 6.07) is 0.324. The van der Waals surface area contributed by atoms with Crippen molar-refractivity contribution < 1.29 is 6.16 Å². The molecule has 0 bridgehead atoms. The van der Waals surface area contributed by atoms with E-state index in [2.05, 4.69) is 0 Å². The zero-order valence-corrected chi connectivity index (χ0v) is 3.68. The Bertz CT molecular complexity index is 45.0. The lowest BCUT2D eigenvalue weighted by molar-refractivity contribution is 0.194. The largest absolute Gasteiger partial charge is 0.380 e. The first-order chi connectivity index (χ1) is 2.89. The lowest BCUT2D eigenvalue weighted by atomic mass is 10.3. The summed E-state index contributed by atoms with van der Waals surface area (Å²) in [6.07, 6.45) is 1.04. The molecule has 0 aromatic heterocycles. The predicted octanol–water partition coefficient (Wildman–Crippen LogP) is -0.0200. The topological polar surface area (TPSA) is 35.2 Å². The van der Waals surface area contributed by atoms with Crippen molar-refractivity contribution in [3.05, 3.63) is 0 Å². The monoisotopic (exact) mass is 89.1 g/mol. The molecule has 1 saturated heterocycles. The standard InChI is InChI=1S/C4H9NO.H2/c5-4-1-2-6-3-4;/h4H,1-3,5H2;1H/t4-;/m0./s1. The van der Waals surface area contributed by atoms with Gasteiger partial charge in [-0.1, -0.05) is 0 Å². The quantitative estimate of drug-likeness (QED) is 0.452. The van der Waals surface area contributed by atoms with E-state index in [1.54, 1.807) is 0 Å². The van der Waals surface area contributed by atoms with Crippen molar-refractivity contribution in [3.63, 3.8) is 0 Å². The minimum absolute atomic E-state index is 0. The molecule has 2 nitrogen and oxygen atoms in total. The van der Waals surface area contributed by atoms with E-state index in [0.29, 0.717) is 6.04 Å². The van der Waals surface area contributed by atoms with E-state index < -0.39 is 0 Å². The Kier molecular flexibility index (Phi) is 1.08. The summed E-state index contributed by atoms with van der Waals surface area (Å²) in [6.45, 7) is 1.63. The maximum atomic E-state index is 5.41. The summed E-state index contributed by atoms with van der Waals surface area (Å²) >= 11 is 0. The summed E-state index contributed by atoms with van der Waals surface area (Å²) in [5.41, 5.74) is 5.41. The number of ether oxygens (including phenoxy) is 1. The molecular weight excluding hydrogens is 78.0 g/mol. The first-order valence-corrected chi connectivity index (χ1v) is 2.23. The molecule has 0 aliphatic carbocycles. The van der Waals surface area contributed by atoms with Gasteiger partial charge in [-0.2, -0.15) is 0 Å². The van der Waals surface area contributed by atoms with Crippen LogP contribution >= 0.6 is 0 Å². The maximum absolute atomic E-state index is 5.41. The van der Waals surface area contributed by atoms with Crippen LogP contribution in [0.25, 0.3) is 0 Å². The molecule has 1 heterocycles. The average molecular weight is 89.1 g/mol. The third kappa shape index (κ3) is 0.698. The lowest BCUT2D eigenvalue weighted by Gasteiger charge is -1.90. The first kappa shape index (κ1) is 4.09. The third-order valence-corrected chi connectivity index (χ3v) is 0.965. The summed E-state index contributed by atoms with van der Waals surface area (Å²) in [5, 5.41) is 0. The van der Waals surface area contributed by atoms with Gasteiger partial charge in [0.15, 0.2) is 0 Å². The lowest BCUT2D eigenvalue weighted by Crippen LogP contribution is -2.18. The molecule has 0 amide bonds. The van der Waals surface area contributed by atoms with Crippen LogP contribution in [0.4, 0.5) is 0 Å². The molecule has 1 fully saturated rings. The summed E-state index contributed by atoms with van der Waals surface area (Å²) in [4.78, 5) is 0. The summed E-state index contributed by atoms with van der Waals surface area (Å²) < 4.78 is 4.93. The molecule has 0 saturated carbocycles. The molecule has 0 unspecified atom stereocenters. The van der Waals surface area contributed by atoms with Crippen molar-refractivity contribution in [1.82, 2.24) is 0 Å². The molecule has 0 spiro atoms. The second-order valence-corrected chi connectivity index (χ2v) is 1.62. The zero-order valence-electron chi connectivity index (χ0n) is 3.68. The number of nitrogens with two attached hydrogens (primary N) is 1. The van der Waals surface area contributed by atoms with Crippen LogP contribution in [0, 0.1) is 0 Å². The Morgan fingerprint density at radius 3 is 2.83 bits per heavy atom. The molecule has 0 radical (unpaired) electrons. The normalized spacial score (nSPS) is 34.5. The molecule has 1 atom stereocenters. The van der Waals surface area contributed by atoms with Gasteiger partial charge < -0.3 is 10.5 Å². The average Bonchev–Trinajstić information content (AvgIpc) is 1.86. The molecule has 1 aliphatic rings. The van der Waals surface area contributed by atoms with Crippen LogP contribution in [0.3, 0.4) is 0 Å². The SMILES string of the molecule is N[C@H]1CCOC1.[HH]. The fraction of sp³-hybridized carbons (Fsp3) is 1.00. The van der Waals surface area contributed by atoms with Crippen LogP contribution in [0.5, 0.6) is 0 Å². The van der Waals surface area contributed by atoms with Crippen LogP contribution in [0.2, 0.25) is 0 Å². The Balaban J connectivity index is 0.000000360. The van der Waals surface area contributed by atoms with Gasteiger partial charge in [0.25, 0.3) is 0 Å². The highest BCUT2D eigenvalue weighted by molar-refractivity contribution is 4.64. The molecular formula is C4H11NO. The molecule has 0 aromatic carbocycles. The van der Waals surface area contributed by atoms with Crippen molar-refractivity contribution in [2.24, 2.45) is 5.73 Å². The minimum atomic E-state index is 0. The maximum Gasteiger partial charge on any atom is 0.0618 e. The third-order valence-electron chi connectivity index (χ3n) is 0.965. The van der Waals surface area contributed by atoms with Crippen molar-refractivity contribution in [2.75, 3.05) is 13.2 Å². The van der Waals surface area contributed by atoms with Gasteiger partial charge in [0.05, 0.1) is 6.61 Å².